The normalized spacial score (nSPS) is 17.8. The van der Waals surface area contributed by atoms with Crippen molar-refractivity contribution in [1.29, 1.82) is 0 Å². The van der Waals surface area contributed by atoms with Crippen molar-refractivity contribution in [1.82, 2.24) is 10.2 Å². The third-order valence-electron chi connectivity index (χ3n) is 4.56. The Labute approximate surface area is 148 Å². The Kier molecular flexibility index (Phi) is 6.26. The van der Waals surface area contributed by atoms with Crippen molar-refractivity contribution in [3.63, 3.8) is 0 Å². The van der Waals surface area contributed by atoms with E-state index in [1.54, 1.807) is 11.8 Å². The van der Waals surface area contributed by atoms with Gasteiger partial charge in [-0.2, -0.15) is 0 Å². The fraction of sp³-hybridized carbons (Fsp3) is 0.611. The molecule has 1 aromatic rings. The van der Waals surface area contributed by atoms with Gasteiger partial charge in [-0.15, -0.1) is 11.8 Å². The van der Waals surface area contributed by atoms with E-state index in [0.717, 1.165) is 54.6 Å². The number of hydrogen-bond donors (Lipinski definition) is 1. The first-order valence-corrected chi connectivity index (χ1v) is 9.69. The summed E-state index contributed by atoms with van der Waals surface area (Å²) in [5.41, 5.74) is 0. The highest BCUT2D eigenvalue weighted by atomic mass is 32.2. The molecule has 1 N–H and O–H groups in total. The molecule has 0 unspecified atom stereocenters. The molecule has 6 heteroatoms. The molecule has 0 spiro atoms. The van der Waals surface area contributed by atoms with E-state index in [1.807, 2.05) is 30.1 Å². The Morgan fingerprint density at radius 1 is 1.25 bits per heavy atom. The van der Waals surface area contributed by atoms with Gasteiger partial charge in [-0.3, -0.25) is 4.79 Å². The first-order chi connectivity index (χ1) is 11.8. The van der Waals surface area contributed by atoms with Crippen molar-refractivity contribution >= 4 is 17.7 Å². The number of thioether (sulfide) groups is 1. The van der Waals surface area contributed by atoms with Crippen LogP contribution in [0.15, 0.2) is 23.1 Å². The van der Waals surface area contributed by atoms with Crippen LogP contribution in [0.25, 0.3) is 0 Å². The molecule has 2 aliphatic rings. The summed E-state index contributed by atoms with van der Waals surface area (Å²) in [6, 6.07) is 5.99. The number of rotatable bonds is 6. The quantitative estimate of drug-likeness (QED) is 0.799. The Hall–Kier alpha value is -1.40. The fourth-order valence-corrected chi connectivity index (χ4v) is 4.07. The van der Waals surface area contributed by atoms with Crippen LogP contribution in [-0.4, -0.2) is 56.5 Å². The summed E-state index contributed by atoms with van der Waals surface area (Å²) >= 11 is 1.70. The van der Waals surface area contributed by atoms with E-state index in [1.165, 1.54) is 0 Å². The van der Waals surface area contributed by atoms with Gasteiger partial charge < -0.3 is 19.7 Å². The highest BCUT2D eigenvalue weighted by Crippen LogP contribution is 2.34. The first-order valence-electron chi connectivity index (χ1n) is 8.71. The van der Waals surface area contributed by atoms with E-state index < -0.39 is 0 Å². The molecule has 0 radical (unpaired) electrons. The second kappa shape index (κ2) is 8.62. The van der Waals surface area contributed by atoms with E-state index in [2.05, 4.69) is 5.32 Å². The zero-order chi connectivity index (χ0) is 16.8. The van der Waals surface area contributed by atoms with Crippen molar-refractivity contribution in [2.24, 2.45) is 5.92 Å². The molecule has 1 saturated heterocycles. The highest BCUT2D eigenvalue weighted by Gasteiger charge is 2.22. The first kappa shape index (κ1) is 17.4. The van der Waals surface area contributed by atoms with Gasteiger partial charge in [-0.25, -0.2) is 0 Å². The molecule has 0 atom stereocenters. The molecule has 1 amide bonds. The lowest BCUT2D eigenvalue weighted by molar-refractivity contribution is -0.132. The molecular weight excluding hydrogens is 324 g/mol. The van der Waals surface area contributed by atoms with Crippen LogP contribution in [-0.2, 0) is 4.79 Å². The van der Waals surface area contributed by atoms with Crippen molar-refractivity contribution in [3.05, 3.63) is 18.2 Å². The zero-order valence-corrected chi connectivity index (χ0v) is 15.1. The number of nitrogens with zero attached hydrogens (tertiary/aromatic N) is 1. The molecule has 1 aromatic carbocycles. The minimum Gasteiger partial charge on any atom is -0.486 e. The van der Waals surface area contributed by atoms with Crippen LogP contribution in [0.1, 0.15) is 19.3 Å². The lowest BCUT2D eigenvalue weighted by atomic mass is 9.97. The van der Waals surface area contributed by atoms with Crippen molar-refractivity contribution < 1.29 is 14.3 Å². The molecule has 2 aliphatic heterocycles. The molecule has 1 fully saturated rings. The lowest BCUT2D eigenvalue weighted by Gasteiger charge is -2.32. The largest absolute Gasteiger partial charge is 0.486 e. The smallest absolute Gasteiger partial charge is 0.223 e. The van der Waals surface area contributed by atoms with Gasteiger partial charge in [0, 0.05) is 30.2 Å². The number of ether oxygens (including phenoxy) is 2. The van der Waals surface area contributed by atoms with E-state index in [4.69, 9.17) is 9.47 Å². The summed E-state index contributed by atoms with van der Waals surface area (Å²) in [5.74, 6) is 3.42. The van der Waals surface area contributed by atoms with Gasteiger partial charge in [0.1, 0.15) is 13.2 Å². The fourth-order valence-electron chi connectivity index (χ4n) is 3.20. The van der Waals surface area contributed by atoms with Gasteiger partial charge in [0.2, 0.25) is 5.91 Å². The van der Waals surface area contributed by atoms with E-state index in [0.29, 0.717) is 25.6 Å². The van der Waals surface area contributed by atoms with Crippen LogP contribution in [0.5, 0.6) is 11.5 Å². The molecule has 5 nitrogen and oxygen atoms in total. The van der Waals surface area contributed by atoms with Gasteiger partial charge in [0.25, 0.3) is 0 Å². The Morgan fingerprint density at radius 3 is 2.75 bits per heavy atom. The average molecular weight is 350 g/mol. The van der Waals surface area contributed by atoms with Gasteiger partial charge in [-0.1, -0.05) is 0 Å². The number of benzene rings is 1. The summed E-state index contributed by atoms with van der Waals surface area (Å²) in [4.78, 5) is 15.5. The third kappa shape index (κ3) is 4.57. The maximum Gasteiger partial charge on any atom is 0.223 e. The standard InChI is InChI=1S/C18H26N2O3S/c1-19-13-14-4-7-20(8-5-14)18(21)6-11-24-15-2-3-16-17(12-15)23-10-9-22-16/h2-3,12,14,19H,4-11,13H2,1H3. The van der Waals surface area contributed by atoms with Gasteiger partial charge in [-0.05, 0) is 50.6 Å². The number of carbonyl (C=O) groups is 1. The molecular formula is C18H26N2O3S. The van der Waals surface area contributed by atoms with Crippen LogP contribution in [0.3, 0.4) is 0 Å². The Bertz CT molecular complexity index is 559. The molecule has 0 saturated carbocycles. The third-order valence-corrected chi connectivity index (χ3v) is 5.55. The number of carbonyl (C=O) groups excluding carboxylic acids is 1. The average Bonchev–Trinajstić information content (AvgIpc) is 2.62. The summed E-state index contributed by atoms with van der Waals surface area (Å²) in [6.45, 7) is 4.07. The molecule has 132 valence electrons. The van der Waals surface area contributed by atoms with Crippen LogP contribution in [0.4, 0.5) is 0 Å². The van der Waals surface area contributed by atoms with Crippen molar-refractivity contribution in [2.45, 2.75) is 24.2 Å². The number of likely N-dealkylation sites (tertiary alicyclic amines) is 1. The predicted octanol–water partition coefficient (Wildman–Crippen LogP) is 2.40. The molecule has 2 heterocycles. The molecule has 24 heavy (non-hydrogen) atoms. The predicted molar refractivity (Wildman–Crippen MR) is 96.0 cm³/mol. The summed E-state index contributed by atoms with van der Waals surface area (Å²) in [5, 5.41) is 3.23. The number of fused-ring (bicyclic) bond motifs is 1. The monoisotopic (exact) mass is 350 g/mol. The minimum atomic E-state index is 0.281. The number of amides is 1. The van der Waals surface area contributed by atoms with Crippen LogP contribution < -0.4 is 14.8 Å². The molecule has 0 aromatic heterocycles. The van der Waals surface area contributed by atoms with Crippen LogP contribution >= 0.6 is 11.8 Å². The summed E-state index contributed by atoms with van der Waals surface area (Å²) < 4.78 is 11.1. The number of piperidine rings is 1. The second-order valence-electron chi connectivity index (χ2n) is 6.29. The summed E-state index contributed by atoms with van der Waals surface area (Å²) in [7, 11) is 1.99. The maximum atomic E-state index is 12.3. The zero-order valence-electron chi connectivity index (χ0n) is 14.3. The Morgan fingerprint density at radius 2 is 2.00 bits per heavy atom. The van der Waals surface area contributed by atoms with Gasteiger partial charge in [0.15, 0.2) is 11.5 Å². The van der Waals surface area contributed by atoms with Gasteiger partial charge >= 0.3 is 0 Å². The maximum absolute atomic E-state index is 12.3. The Balaban J connectivity index is 1.41. The molecule has 3 rings (SSSR count). The minimum absolute atomic E-state index is 0.281. The lowest BCUT2D eigenvalue weighted by Crippen LogP contribution is -2.40. The number of nitrogens with one attached hydrogen (secondary N) is 1. The van der Waals surface area contributed by atoms with Crippen molar-refractivity contribution in [2.75, 3.05) is 45.6 Å². The highest BCUT2D eigenvalue weighted by molar-refractivity contribution is 7.99. The SMILES string of the molecule is CNCC1CCN(C(=O)CCSc2ccc3c(c2)OCCO3)CC1. The number of hydrogen-bond acceptors (Lipinski definition) is 5. The van der Waals surface area contributed by atoms with E-state index >= 15 is 0 Å². The van der Waals surface area contributed by atoms with Crippen LogP contribution in [0.2, 0.25) is 0 Å². The van der Waals surface area contributed by atoms with Crippen molar-refractivity contribution in [3.8, 4) is 11.5 Å². The second-order valence-corrected chi connectivity index (χ2v) is 7.45. The van der Waals surface area contributed by atoms with Gasteiger partial charge in [0.05, 0.1) is 0 Å². The summed E-state index contributed by atoms with van der Waals surface area (Å²) in [6.07, 6.45) is 2.82. The van der Waals surface area contributed by atoms with E-state index in [-0.39, 0.29) is 5.91 Å². The molecule has 0 aliphatic carbocycles. The van der Waals surface area contributed by atoms with Crippen LogP contribution in [0, 0.1) is 5.92 Å². The van der Waals surface area contributed by atoms with E-state index in [9.17, 15) is 4.79 Å². The molecule has 0 bridgehead atoms. The topological polar surface area (TPSA) is 50.8 Å².